The van der Waals surface area contributed by atoms with Crippen LogP contribution in [-0.4, -0.2) is 50.8 Å². The van der Waals surface area contributed by atoms with Gasteiger partial charge < -0.3 is 4.90 Å². The van der Waals surface area contributed by atoms with Crippen LogP contribution in [0.15, 0.2) is 27.6 Å². The van der Waals surface area contributed by atoms with E-state index in [0.717, 1.165) is 19.3 Å². The monoisotopic (exact) mass is 394 g/mol. The molecule has 2 rings (SSSR count). The predicted octanol–water partition coefficient (Wildman–Crippen LogP) is 3.21. The third kappa shape index (κ3) is 3.29. The number of nitrogens with zero attached hydrogens (tertiary/aromatic N) is 2. The summed E-state index contributed by atoms with van der Waals surface area (Å²) in [6, 6.07) is 4.69. The number of halogens is 2. The molecule has 21 heavy (non-hydrogen) atoms. The van der Waals surface area contributed by atoms with Gasteiger partial charge in [0.2, 0.25) is 10.0 Å². The maximum Gasteiger partial charge on any atom is 0.242 e. The Morgan fingerprint density at radius 3 is 2.33 bits per heavy atom. The first-order valence-corrected chi connectivity index (χ1v) is 9.39. The molecule has 0 saturated heterocycles. The summed E-state index contributed by atoms with van der Waals surface area (Å²) in [4.78, 5) is 2.40. The highest BCUT2D eigenvalue weighted by molar-refractivity contribution is 9.10. The fraction of sp³-hybridized carbons (Fsp3) is 0.571. The summed E-state index contributed by atoms with van der Waals surface area (Å²) < 4.78 is 27.4. The predicted molar refractivity (Wildman–Crippen MR) is 89.2 cm³/mol. The summed E-state index contributed by atoms with van der Waals surface area (Å²) in [5.74, 6) is 0. The molecule has 0 unspecified atom stereocenters. The van der Waals surface area contributed by atoms with Gasteiger partial charge in [-0.3, -0.25) is 0 Å². The smallest absolute Gasteiger partial charge is 0.242 e. The van der Waals surface area contributed by atoms with E-state index >= 15 is 0 Å². The number of hydrogen-bond donors (Lipinski definition) is 0. The normalized spacial score (nSPS) is 18.0. The van der Waals surface area contributed by atoms with Gasteiger partial charge in [0.1, 0.15) is 0 Å². The SMILES string of the molecule is CN(C)C1(CN(C)S(=O)(=O)c2ccc(Cl)c(Br)c2)CCC1. The summed E-state index contributed by atoms with van der Waals surface area (Å²) in [5, 5.41) is 0.500. The second kappa shape index (κ2) is 6.16. The molecule has 0 heterocycles. The average Bonchev–Trinajstić information content (AvgIpc) is 2.36. The number of benzene rings is 1. The van der Waals surface area contributed by atoms with Crippen molar-refractivity contribution in [3.63, 3.8) is 0 Å². The lowest BCUT2D eigenvalue weighted by Gasteiger charge is -2.48. The van der Waals surface area contributed by atoms with Crippen LogP contribution in [0.5, 0.6) is 0 Å². The molecule has 7 heteroatoms. The number of likely N-dealkylation sites (N-methyl/N-ethyl adjacent to an activating group) is 2. The first-order chi connectivity index (χ1) is 9.69. The van der Waals surface area contributed by atoms with Gasteiger partial charge in [-0.15, -0.1) is 0 Å². The highest BCUT2D eigenvalue weighted by Crippen LogP contribution is 2.37. The minimum absolute atomic E-state index is 0.0362. The molecule has 1 aliphatic rings. The molecule has 1 aromatic carbocycles. The first-order valence-electron chi connectivity index (χ1n) is 6.78. The van der Waals surface area contributed by atoms with Crippen molar-refractivity contribution in [2.45, 2.75) is 29.7 Å². The van der Waals surface area contributed by atoms with Gasteiger partial charge in [-0.1, -0.05) is 11.6 Å². The molecule has 1 aliphatic carbocycles. The number of rotatable bonds is 5. The third-order valence-corrected chi connectivity index (χ3v) is 7.36. The van der Waals surface area contributed by atoms with Crippen molar-refractivity contribution >= 4 is 37.6 Å². The Bertz CT molecular complexity index is 630. The second-order valence-corrected chi connectivity index (χ2v) is 9.12. The van der Waals surface area contributed by atoms with Crippen molar-refractivity contribution in [3.05, 3.63) is 27.7 Å². The van der Waals surface area contributed by atoms with Gasteiger partial charge in [0.25, 0.3) is 0 Å². The molecular formula is C14H20BrClN2O2S. The molecule has 0 N–H and O–H groups in total. The fourth-order valence-electron chi connectivity index (χ4n) is 2.65. The summed E-state index contributed by atoms with van der Waals surface area (Å²) in [7, 11) is 2.16. The van der Waals surface area contributed by atoms with Crippen LogP contribution in [0.3, 0.4) is 0 Å². The Kier molecular flexibility index (Phi) is 5.05. The van der Waals surface area contributed by atoms with Gasteiger partial charge >= 0.3 is 0 Å². The third-order valence-electron chi connectivity index (χ3n) is 4.35. The Morgan fingerprint density at radius 1 is 1.29 bits per heavy atom. The van der Waals surface area contributed by atoms with Crippen molar-refractivity contribution < 1.29 is 8.42 Å². The summed E-state index contributed by atoms with van der Waals surface area (Å²) >= 11 is 9.20. The average molecular weight is 396 g/mol. The van der Waals surface area contributed by atoms with Gasteiger partial charge in [-0.25, -0.2) is 8.42 Å². The second-order valence-electron chi connectivity index (χ2n) is 5.81. The zero-order valence-corrected chi connectivity index (χ0v) is 15.6. The molecule has 1 fully saturated rings. The van der Waals surface area contributed by atoms with E-state index in [1.165, 1.54) is 4.31 Å². The van der Waals surface area contributed by atoms with Crippen molar-refractivity contribution in [2.24, 2.45) is 0 Å². The molecule has 0 radical (unpaired) electrons. The van der Waals surface area contributed by atoms with Crippen LogP contribution in [0.25, 0.3) is 0 Å². The van der Waals surface area contributed by atoms with E-state index in [4.69, 9.17) is 11.6 Å². The van der Waals surface area contributed by atoms with E-state index in [1.54, 1.807) is 25.2 Å². The van der Waals surface area contributed by atoms with Crippen LogP contribution in [0.4, 0.5) is 0 Å². The van der Waals surface area contributed by atoms with Crippen LogP contribution < -0.4 is 0 Å². The van der Waals surface area contributed by atoms with Crippen molar-refractivity contribution in [3.8, 4) is 0 Å². The van der Waals surface area contributed by atoms with Gasteiger partial charge in [0.05, 0.1) is 9.92 Å². The minimum atomic E-state index is -3.50. The van der Waals surface area contributed by atoms with Crippen molar-refractivity contribution in [2.75, 3.05) is 27.7 Å². The zero-order chi connectivity index (χ0) is 15.8. The Balaban J connectivity index is 2.24. The van der Waals surface area contributed by atoms with Crippen molar-refractivity contribution in [1.29, 1.82) is 0 Å². The van der Waals surface area contributed by atoms with E-state index in [9.17, 15) is 8.42 Å². The fourth-order valence-corrected chi connectivity index (χ4v) is 4.57. The molecule has 0 amide bonds. The Hall–Kier alpha value is -0.140. The maximum absolute atomic E-state index is 12.7. The van der Waals surface area contributed by atoms with Gasteiger partial charge in [0, 0.05) is 23.6 Å². The summed E-state index contributed by atoms with van der Waals surface area (Å²) in [6.07, 6.45) is 3.22. The molecule has 0 aliphatic heterocycles. The number of hydrogen-bond acceptors (Lipinski definition) is 3. The Labute approximate surface area is 140 Å². The first kappa shape index (κ1) is 17.2. The van der Waals surface area contributed by atoms with Crippen molar-refractivity contribution in [1.82, 2.24) is 9.21 Å². The molecule has 1 saturated carbocycles. The zero-order valence-electron chi connectivity index (χ0n) is 12.4. The highest BCUT2D eigenvalue weighted by Gasteiger charge is 2.42. The maximum atomic E-state index is 12.7. The lowest BCUT2D eigenvalue weighted by atomic mass is 9.75. The molecule has 118 valence electrons. The van der Waals surface area contributed by atoms with Crippen LogP contribution in [0, 0.1) is 0 Å². The topological polar surface area (TPSA) is 40.6 Å². The van der Waals surface area contributed by atoms with Gasteiger partial charge in [-0.2, -0.15) is 4.31 Å². The van der Waals surface area contributed by atoms with Crippen LogP contribution >= 0.6 is 27.5 Å². The largest absolute Gasteiger partial charge is 0.302 e. The molecule has 0 atom stereocenters. The standard InChI is InChI=1S/C14H20BrClN2O2S/c1-17(2)14(7-4-8-14)10-18(3)21(19,20)11-5-6-13(16)12(15)9-11/h5-6,9H,4,7-8,10H2,1-3H3. The summed E-state index contributed by atoms with van der Waals surface area (Å²) in [6.45, 7) is 0.503. The van der Waals surface area contributed by atoms with E-state index < -0.39 is 10.0 Å². The quantitative estimate of drug-likeness (QED) is 0.768. The number of sulfonamides is 1. The van der Waals surface area contributed by atoms with E-state index in [0.29, 0.717) is 16.0 Å². The lowest BCUT2D eigenvalue weighted by molar-refractivity contribution is 0.0455. The van der Waals surface area contributed by atoms with Crippen LogP contribution in [0.2, 0.25) is 5.02 Å². The lowest BCUT2D eigenvalue weighted by Crippen LogP contribution is -2.57. The molecule has 0 aromatic heterocycles. The molecule has 0 spiro atoms. The highest BCUT2D eigenvalue weighted by atomic mass is 79.9. The van der Waals surface area contributed by atoms with Gasteiger partial charge in [-0.05, 0) is 67.5 Å². The van der Waals surface area contributed by atoms with Crippen LogP contribution in [-0.2, 0) is 10.0 Å². The van der Waals surface area contributed by atoms with E-state index in [2.05, 4.69) is 20.8 Å². The molecular weight excluding hydrogens is 376 g/mol. The summed E-state index contributed by atoms with van der Waals surface area (Å²) in [5.41, 5.74) is -0.0362. The van der Waals surface area contributed by atoms with E-state index in [1.807, 2.05) is 14.1 Å². The Morgan fingerprint density at radius 2 is 1.90 bits per heavy atom. The molecule has 0 bridgehead atoms. The van der Waals surface area contributed by atoms with E-state index in [-0.39, 0.29) is 10.4 Å². The molecule has 4 nitrogen and oxygen atoms in total. The molecule has 1 aromatic rings. The minimum Gasteiger partial charge on any atom is -0.302 e. The van der Waals surface area contributed by atoms with Crippen LogP contribution in [0.1, 0.15) is 19.3 Å². The van der Waals surface area contributed by atoms with Gasteiger partial charge in [0.15, 0.2) is 0 Å².